The van der Waals surface area contributed by atoms with Crippen molar-refractivity contribution in [3.8, 4) is 0 Å². The van der Waals surface area contributed by atoms with Gasteiger partial charge in [-0.3, -0.25) is 0 Å². The quantitative estimate of drug-likeness (QED) is 0.792. The van der Waals surface area contributed by atoms with Crippen molar-refractivity contribution < 1.29 is 0 Å². The van der Waals surface area contributed by atoms with E-state index in [4.69, 9.17) is 0 Å². The summed E-state index contributed by atoms with van der Waals surface area (Å²) in [7, 11) is 0. The Morgan fingerprint density at radius 3 is 2.94 bits per heavy atom. The van der Waals surface area contributed by atoms with Crippen LogP contribution in [-0.4, -0.2) is 40.0 Å². The van der Waals surface area contributed by atoms with Crippen LogP contribution in [-0.2, 0) is 0 Å². The van der Waals surface area contributed by atoms with Crippen molar-refractivity contribution >= 4 is 11.5 Å². The molecule has 17 heavy (non-hydrogen) atoms. The highest BCUT2D eigenvalue weighted by Gasteiger charge is 2.17. The lowest BCUT2D eigenvalue weighted by atomic mass is 10.2. The molecule has 1 fully saturated rings. The van der Waals surface area contributed by atoms with Crippen LogP contribution in [0.5, 0.6) is 0 Å². The number of nitrogens with one attached hydrogen (secondary N) is 1. The van der Waals surface area contributed by atoms with E-state index in [1.54, 1.807) is 0 Å². The molecule has 0 bridgehead atoms. The summed E-state index contributed by atoms with van der Waals surface area (Å²) >= 11 is 0. The highest BCUT2D eigenvalue weighted by Crippen LogP contribution is 2.18. The van der Waals surface area contributed by atoms with Gasteiger partial charge in [-0.15, -0.1) is 0 Å². The molecule has 0 amide bonds. The lowest BCUT2D eigenvalue weighted by Gasteiger charge is -2.21. The van der Waals surface area contributed by atoms with E-state index >= 15 is 0 Å². The minimum Gasteiger partial charge on any atom is -0.352 e. The van der Waals surface area contributed by atoms with Crippen LogP contribution in [0.4, 0.5) is 5.82 Å². The van der Waals surface area contributed by atoms with Gasteiger partial charge in [0.15, 0.2) is 11.5 Å². The predicted molar refractivity (Wildman–Crippen MR) is 67.3 cm³/mol. The van der Waals surface area contributed by atoms with Gasteiger partial charge in [-0.05, 0) is 13.3 Å². The van der Waals surface area contributed by atoms with Crippen molar-refractivity contribution in [2.24, 2.45) is 0 Å². The largest absolute Gasteiger partial charge is 0.352 e. The molecule has 1 saturated heterocycles. The van der Waals surface area contributed by atoms with E-state index < -0.39 is 0 Å². The number of nitrogens with zero attached hydrogens (tertiary/aromatic N) is 4. The van der Waals surface area contributed by atoms with Crippen molar-refractivity contribution in [1.29, 1.82) is 0 Å². The van der Waals surface area contributed by atoms with E-state index in [1.165, 1.54) is 0 Å². The van der Waals surface area contributed by atoms with E-state index in [9.17, 15) is 0 Å². The SMILES string of the molecule is C[C@@H]1CCN(c2nccn3ccnc23)CCN1. The third-order valence-electron chi connectivity index (χ3n) is 3.30. The van der Waals surface area contributed by atoms with Gasteiger partial charge in [-0.25, -0.2) is 9.97 Å². The fourth-order valence-corrected chi connectivity index (χ4v) is 2.28. The van der Waals surface area contributed by atoms with Crippen LogP contribution in [0.1, 0.15) is 13.3 Å². The molecule has 1 aliphatic heterocycles. The van der Waals surface area contributed by atoms with Gasteiger partial charge in [0.25, 0.3) is 0 Å². The third-order valence-corrected chi connectivity index (χ3v) is 3.30. The maximum Gasteiger partial charge on any atom is 0.180 e. The summed E-state index contributed by atoms with van der Waals surface area (Å²) in [5.41, 5.74) is 0.946. The second-order valence-electron chi connectivity index (χ2n) is 4.54. The van der Waals surface area contributed by atoms with Gasteiger partial charge in [-0.1, -0.05) is 0 Å². The standard InChI is InChI=1S/C12H17N5/c1-10-2-6-16(7-3-13-10)11-12-15-5-9-17(12)8-4-14-11/h4-5,8-10,13H,2-3,6-7H2,1H3/t10-/m1/s1. The van der Waals surface area contributed by atoms with Crippen LogP contribution < -0.4 is 10.2 Å². The Hall–Kier alpha value is -1.62. The van der Waals surface area contributed by atoms with Gasteiger partial charge in [0.1, 0.15) is 0 Å². The first-order chi connectivity index (χ1) is 8.34. The molecule has 1 atom stereocenters. The molecule has 0 radical (unpaired) electrons. The Labute approximate surface area is 100 Å². The van der Waals surface area contributed by atoms with Crippen LogP contribution in [0.2, 0.25) is 0 Å². The Morgan fingerprint density at radius 2 is 2.06 bits per heavy atom. The predicted octanol–water partition coefficient (Wildman–Crippen LogP) is 0.917. The normalized spacial score (nSPS) is 21.7. The maximum atomic E-state index is 4.48. The fourth-order valence-electron chi connectivity index (χ4n) is 2.28. The maximum absolute atomic E-state index is 4.48. The van der Waals surface area contributed by atoms with E-state index in [1.807, 2.05) is 29.2 Å². The molecule has 1 aliphatic rings. The molecular formula is C12H17N5. The molecule has 5 heteroatoms. The number of anilines is 1. The highest BCUT2D eigenvalue weighted by molar-refractivity contribution is 5.63. The van der Waals surface area contributed by atoms with Gasteiger partial charge in [0, 0.05) is 50.5 Å². The van der Waals surface area contributed by atoms with Crippen molar-refractivity contribution in [1.82, 2.24) is 19.7 Å². The summed E-state index contributed by atoms with van der Waals surface area (Å²) in [6.07, 6.45) is 8.69. The summed E-state index contributed by atoms with van der Waals surface area (Å²) in [5.74, 6) is 0.994. The number of aromatic nitrogens is 3. The van der Waals surface area contributed by atoms with Crippen LogP contribution in [0.3, 0.4) is 0 Å². The minimum atomic E-state index is 0.583. The molecule has 0 unspecified atom stereocenters. The molecule has 0 saturated carbocycles. The Bertz CT molecular complexity index is 506. The van der Waals surface area contributed by atoms with Crippen molar-refractivity contribution in [2.45, 2.75) is 19.4 Å². The first kappa shape index (κ1) is 10.5. The lowest BCUT2D eigenvalue weighted by Crippen LogP contribution is -2.29. The molecule has 0 spiro atoms. The van der Waals surface area contributed by atoms with Crippen molar-refractivity contribution in [3.05, 3.63) is 24.8 Å². The van der Waals surface area contributed by atoms with E-state index in [0.29, 0.717) is 6.04 Å². The topological polar surface area (TPSA) is 45.5 Å². The molecule has 0 aliphatic carbocycles. The molecule has 3 rings (SSSR count). The van der Waals surface area contributed by atoms with Gasteiger partial charge in [0.2, 0.25) is 0 Å². The monoisotopic (exact) mass is 231 g/mol. The zero-order chi connectivity index (χ0) is 11.7. The van der Waals surface area contributed by atoms with Crippen LogP contribution in [0, 0.1) is 0 Å². The zero-order valence-corrected chi connectivity index (χ0v) is 10.0. The molecule has 2 aromatic rings. The van der Waals surface area contributed by atoms with Crippen molar-refractivity contribution in [3.63, 3.8) is 0 Å². The van der Waals surface area contributed by atoms with Crippen LogP contribution in [0.25, 0.3) is 5.65 Å². The van der Waals surface area contributed by atoms with Crippen LogP contribution >= 0.6 is 0 Å². The molecule has 0 aromatic carbocycles. The molecule has 90 valence electrons. The average Bonchev–Trinajstić information content (AvgIpc) is 2.72. The molecule has 3 heterocycles. The zero-order valence-electron chi connectivity index (χ0n) is 10.0. The summed E-state index contributed by atoms with van der Waals surface area (Å²) in [5, 5.41) is 3.49. The van der Waals surface area contributed by atoms with Gasteiger partial charge >= 0.3 is 0 Å². The number of rotatable bonds is 1. The summed E-state index contributed by atoms with van der Waals surface area (Å²) in [4.78, 5) is 11.2. The Balaban J connectivity index is 1.94. The first-order valence-corrected chi connectivity index (χ1v) is 6.10. The number of imidazole rings is 1. The number of hydrogen-bond acceptors (Lipinski definition) is 4. The number of fused-ring (bicyclic) bond motifs is 1. The minimum absolute atomic E-state index is 0.583. The lowest BCUT2D eigenvalue weighted by molar-refractivity contribution is 0.566. The number of hydrogen-bond donors (Lipinski definition) is 1. The summed E-state index contributed by atoms with van der Waals surface area (Å²) < 4.78 is 2.02. The fraction of sp³-hybridized carbons (Fsp3) is 0.500. The Morgan fingerprint density at radius 1 is 1.24 bits per heavy atom. The highest BCUT2D eigenvalue weighted by atomic mass is 15.2. The molecule has 5 nitrogen and oxygen atoms in total. The second-order valence-corrected chi connectivity index (χ2v) is 4.54. The van der Waals surface area contributed by atoms with Gasteiger partial charge in [0.05, 0.1) is 0 Å². The third kappa shape index (κ3) is 1.98. The summed E-state index contributed by atoms with van der Waals surface area (Å²) in [6, 6.07) is 0.583. The van der Waals surface area contributed by atoms with Gasteiger partial charge in [-0.2, -0.15) is 0 Å². The van der Waals surface area contributed by atoms with Crippen LogP contribution in [0.15, 0.2) is 24.8 Å². The van der Waals surface area contributed by atoms with E-state index in [0.717, 1.165) is 37.5 Å². The average molecular weight is 231 g/mol. The summed E-state index contributed by atoms with van der Waals surface area (Å²) in [6.45, 7) is 5.26. The first-order valence-electron chi connectivity index (χ1n) is 6.10. The van der Waals surface area contributed by atoms with E-state index in [-0.39, 0.29) is 0 Å². The van der Waals surface area contributed by atoms with E-state index in [2.05, 4.69) is 27.1 Å². The molecular weight excluding hydrogens is 214 g/mol. The molecule has 2 aromatic heterocycles. The van der Waals surface area contributed by atoms with Gasteiger partial charge < -0.3 is 14.6 Å². The Kier molecular flexibility index (Phi) is 2.68. The second kappa shape index (κ2) is 4.33. The van der Waals surface area contributed by atoms with Crippen molar-refractivity contribution in [2.75, 3.05) is 24.5 Å². The molecule has 1 N–H and O–H groups in total. The smallest absolute Gasteiger partial charge is 0.180 e.